The summed E-state index contributed by atoms with van der Waals surface area (Å²) in [5.74, 6) is -0.825. The summed E-state index contributed by atoms with van der Waals surface area (Å²) in [4.78, 5) is 23.4. The van der Waals surface area contributed by atoms with E-state index in [9.17, 15) is 14.0 Å². The van der Waals surface area contributed by atoms with Crippen LogP contribution < -0.4 is 10.6 Å². The van der Waals surface area contributed by atoms with E-state index in [4.69, 9.17) is 27.9 Å². The molecule has 1 rings (SSSR count). The van der Waals surface area contributed by atoms with E-state index in [1.165, 1.54) is 12.1 Å². The summed E-state index contributed by atoms with van der Waals surface area (Å²) in [7, 11) is 0. The molecule has 0 aliphatic rings. The summed E-state index contributed by atoms with van der Waals surface area (Å²) in [6.45, 7) is 7.32. The molecule has 1 unspecified atom stereocenters. The molecule has 0 heterocycles. The second-order valence-corrected chi connectivity index (χ2v) is 7.42. The van der Waals surface area contributed by atoms with Crippen molar-refractivity contribution in [2.24, 2.45) is 0 Å². The predicted molar refractivity (Wildman–Crippen MR) is 96.4 cm³/mol. The van der Waals surface area contributed by atoms with Crippen LogP contribution in [-0.2, 0) is 9.53 Å². The first-order valence-electron chi connectivity index (χ1n) is 7.90. The maximum absolute atomic E-state index is 13.5. The largest absolute Gasteiger partial charge is 0.444 e. The Morgan fingerprint density at radius 1 is 1.24 bits per heavy atom. The fourth-order valence-electron chi connectivity index (χ4n) is 2.01. The Hall–Kier alpha value is -1.53. The minimum Gasteiger partial charge on any atom is -0.444 e. The van der Waals surface area contributed by atoms with Crippen LogP contribution in [0.4, 0.5) is 9.18 Å². The average molecular weight is 393 g/mol. The Bertz CT molecular complexity index is 633. The molecule has 0 spiro atoms. The summed E-state index contributed by atoms with van der Waals surface area (Å²) < 4.78 is 18.6. The smallest absolute Gasteiger partial charge is 0.407 e. The molecule has 1 aromatic carbocycles. The van der Waals surface area contributed by atoms with Crippen LogP contribution in [0.1, 0.15) is 52.1 Å². The molecule has 0 aromatic heterocycles. The molecule has 0 bridgehead atoms. The third-order valence-corrected chi connectivity index (χ3v) is 3.75. The fourth-order valence-corrected chi connectivity index (χ4v) is 2.56. The zero-order valence-electron chi connectivity index (χ0n) is 14.7. The van der Waals surface area contributed by atoms with Gasteiger partial charge in [-0.05, 0) is 51.8 Å². The molecule has 0 fully saturated rings. The van der Waals surface area contributed by atoms with Crippen LogP contribution in [0.3, 0.4) is 0 Å². The van der Waals surface area contributed by atoms with Crippen LogP contribution in [0.25, 0.3) is 0 Å². The van der Waals surface area contributed by atoms with Crippen molar-refractivity contribution >= 4 is 35.2 Å². The summed E-state index contributed by atoms with van der Waals surface area (Å²) >= 11 is 11.7. The van der Waals surface area contributed by atoms with Gasteiger partial charge in [0.15, 0.2) is 0 Å². The Balaban J connectivity index is 2.40. The number of halogens is 3. The van der Waals surface area contributed by atoms with E-state index in [0.29, 0.717) is 18.5 Å². The van der Waals surface area contributed by atoms with Gasteiger partial charge in [-0.2, -0.15) is 0 Å². The topological polar surface area (TPSA) is 67.4 Å². The molecule has 0 saturated carbocycles. The Morgan fingerprint density at radius 2 is 1.88 bits per heavy atom. The van der Waals surface area contributed by atoms with Crippen LogP contribution in [0.2, 0.25) is 10.0 Å². The lowest BCUT2D eigenvalue weighted by Gasteiger charge is -2.19. The van der Waals surface area contributed by atoms with Gasteiger partial charge < -0.3 is 15.4 Å². The zero-order chi connectivity index (χ0) is 19.2. The molecule has 2 N–H and O–H groups in total. The van der Waals surface area contributed by atoms with E-state index in [1.807, 2.05) is 0 Å². The molecule has 2 amide bonds. The molecule has 8 heteroatoms. The van der Waals surface area contributed by atoms with Crippen molar-refractivity contribution in [3.05, 3.63) is 33.6 Å². The standard InChI is InChI=1S/C17H23Cl2FN2O3/c1-10(11-8-14(20)13(19)9-12(11)18)22-15(23)6-5-7-21-16(24)25-17(2,3)4/h8-10H,5-7H2,1-4H3,(H,21,24)(H,22,23). The number of benzene rings is 1. The lowest BCUT2D eigenvalue weighted by molar-refractivity contribution is -0.121. The van der Waals surface area contributed by atoms with Crippen molar-refractivity contribution in [2.45, 2.75) is 52.2 Å². The number of carbonyl (C=O) groups is 2. The number of alkyl carbamates (subject to hydrolysis) is 1. The van der Waals surface area contributed by atoms with Gasteiger partial charge in [0.05, 0.1) is 11.1 Å². The molecule has 1 atom stereocenters. The molecule has 0 radical (unpaired) electrons. The highest BCUT2D eigenvalue weighted by atomic mass is 35.5. The molecule has 140 valence electrons. The SMILES string of the molecule is CC(NC(=O)CCCNC(=O)OC(C)(C)C)c1cc(F)c(Cl)cc1Cl. The molecule has 0 aliphatic carbocycles. The van der Waals surface area contributed by atoms with Crippen molar-refractivity contribution in [3.63, 3.8) is 0 Å². The van der Waals surface area contributed by atoms with E-state index in [2.05, 4.69) is 10.6 Å². The summed E-state index contributed by atoms with van der Waals surface area (Å²) in [5.41, 5.74) is -0.118. The Morgan fingerprint density at radius 3 is 2.48 bits per heavy atom. The highest BCUT2D eigenvalue weighted by molar-refractivity contribution is 6.35. The first kappa shape index (κ1) is 21.5. The lowest BCUT2D eigenvalue weighted by atomic mass is 10.1. The number of carbonyl (C=O) groups excluding carboxylic acids is 2. The Labute approximate surface area is 157 Å². The van der Waals surface area contributed by atoms with Gasteiger partial charge in [0.2, 0.25) is 5.91 Å². The van der Waals surface area contributed by atoms with E-state index >= 15 is 0 Å². The van der Waals surface area contributed by atoms with Crippen molar-refractivity contribution in [3.8, 4) is 0 Å². The van der Waals surface area contributed by atoms with Crippen molar-refractivity contribution in [2.75, 3.05) is 6.54 Å². The normalized spacial score (nSPS) is 12.4. The molecule has 1 aromatic rings. The first-order chi connectivity index (χ1) is 11.5. The van der Waals surface area contributed by atoms with Crippen LogP contribution in [-0.4, -0.2) is 24.1 Å². The minimum atomic E-state index is -0.594. The number of rotatable bonds is 6. The van der Waals surface area contributed by atoms with Crippen LogP contribution in [0.5, 0.6) is 0 Å². The molecule has 25 heavy (non-hydrogen) atoms. The maximum Gasteiger partial charge on any atom is 0.407 e. The Kier molecular flexibility index (Phi) is 7.96. The van der Waals surface area contributed by atoms with Gasteiger partial charge in [-0.25, -0.2) is 9.18 Å². The highest BCUT2D eigenvalue weighted by Gasteiger charge is 2.17. The molecular formula is C17H23Cl2FN2O3. The van der Waals surface area contributed by atoms with E-state index in [-0.39, 0.29) is 22.4 Å². The summed E-state index contributed by atoms with van der Waals surface area (Å²) in [5, 5.41) is 5.52. The van der Waals surface area contributed by atoms with Gasteiger partial charge in [-0.3, -0.25) is 4.79 Å². The van der Waals surface area contributed by atoms with Gasteiger partial charge in [0.1, 0.15) is 11.4 Å². The molecule has 5 nitrogen and oxygen atoms in total. The van der Waals surface area contributed by atoms with E-state index in [0.717, 1.165) is 0 Å². The number of nitrogens with one attached hydrogen (secondary N) is 2. The third-order valence-electron chi connectivity index (χ3n) is 3.13. The van der Waals surface area contributed by atoms with Crippen LogP contribution in [0, 0.1) is 5.82 Å². The number of hydrogen-bond acceptors (Lipinski definition) is 3. The van der Waals surface area contributed by atoms with Gasteiger partial charge in [-0.15, -0.1) is 0 Å². The summed E-state index contributed by atoms with van der Waals surface area (Å²) in [6.07, 6.45) is 0.124. The van der Waals surface area contributed by atoms with E-state index in [1.54, 1.807) is 27.7 Å². The van der Waals surface area contributed by atoms with Crippen LogP contribution in [0.15, 0.2) is 12.1 Å². The van der Waals surface area contributed by atoms with Gasteiger partial charge in [-0.1, -0.05) is 23.2 Å². The number of ether oxygens (including phenoxy) is 1. The minimum absolute atomic E-state index is 0.0690. The quantitative estimate of drug-likeness (QED) is 0.548. The fraction of sp³-hybridized carbons (Fsp3) is 0.529. The average Bonchev–Trinajstić information content (AvgIpc) is 2.45. The maximum atomic E-state index is 13.5. The van der Waals surface area contributed by atoms with Gasteiger partial charge in [0.25, 0.3) is 0 Å². The number of amides is 2. The van der Waals surface area contributed by atoms with Crippen molar-refractivity contribution < 1.29 is 18.7 Å². The highest BCUT2D eigenvalue weighted by Crippen LogP contribution is 2.28. The van der Waals surface area contributed by atoms with Gasteiger partial charge in [0, 0.05) is 18.0 Å². The van der Waals surface area contributed by atoms with Crippen molar-refractivity contribution in [1.82, 2.24) is 10.6 Å². The second-order valence-electron chi connectivity index (χ2n) is 6.61. The van der Waals surface area contributed by atoms with E-state index < -0.39 is 23.6 Å². The van der Waals surface area contributed by atoms with Crippen molar-refractivity contribution in [1.29, 1.82) is 0 Å². The third kappa shape index (κ3) is 7.92. The molecular weight excluding hydrogens is 370 g/mol. The van der Waals surface area contributed by atoms with Crippen LogP contribution >= 0.6 is 23.2 Å². The summed E-state index contributed by atoms with van der Waals surface area (Å²) in [6, 6.07) is 2.05. The first-order valence-corrected chi connectivity index (χ1v) is 8.66. The molecule has 0 aliphatic heterocycles. The monoisotopic (exact) mass is 392 g/mol. The molecule has 0 saturated heterocycles. The lowest BCUT2D eigenvalue weighted by Crippen LogP contribution is -2.33. The second kappa shape index (κ2) is 9.25. The predicted octanol–water partition coefficient (Wildman–Crippen LogP) is 4.61. The van der Waals surface area contributed by atoms with Gasteiger partial charge >= 0.3 is 6.09 Å². The zero-order valence-corrected chi connectivity index (χ0v) is 16.2. The number of hydrogen-bond donors (Lipinski definition) is 2.